The third-order valence-electron chi connectivity index (χ3n) is 4.25. The lowest BCUT2D eigenvalue weighted by molar-refractivity contribution is 0.00578. The van der Waals surface area contributed by atoms with Gasteiger partial charge in [0.25, 0.3) is 0 Å². The molecule has 0 atom stereocenters. The normalized spacial score (nSPS) is 19.1. The Kier molecular flexibility index (Phi) is 4.23. The van der Waals surface area contributed by atoms with Gasteiger partial charge in [0.15, 0.2) is 0 Å². The molecule has 0 saturated carbocycles. The zero-order valence-electron chi connectivity index (χ0n) is 14.3. The Hall–Kier alpha value is -1.60. The van der Waals surface area contributed by atoms with Gasteiger partial charge < -0.3 is 18.9 Å². The van der Waals surface area contributed by atoms with E-state index >= 15 is 0 Å². The van der Waals surface area contributed by atoms with Crippen LogP contribution < -0.4 is 10.4 Å². The van der Waals surface area contributed by atoms with Gasteiger partial charge in [-0.25, -0.2) is 9.78 Å². The van der Waals surface area contributed by atoms with E-state index in [1.165, 1.54) is 13.3 Å². The van der Waals surface area contributed by atoms with Crippen LogP contribution in [0, 0.1) is 0 Å². The second kappa shape index (κ2) is 5.55. The summed E-state index contributed by atoms with van der Waals surface area (Å²) in [6, 6.07) is 1.72. The predicted octanol–water partition coefficient (Wildman–Crippen LogP) is 1.23. The molecule has 6 nitrogen and oxygen atoms in total. The van der Waals surface area contributed by atoms with Crippen LogP contribution in [0.25, 0.3) is 0 Å². The highest BCUT2D eigenvalue weighted by molar-refractivity contribution is 6.63. The van der Waals surface area contributed by atoms with Crippen molar-refractivity contribution in [1.29, 1.82) is 0 Å². The van der Waals surface area contributed by atoms with Crippen LogP contribution in [0.15, 0.2) is 12.3 Å². The van der Waals surface area contributed by atoms with E-state index < -0.39 is 24.3 Å². The Morgan fingerprint density at radius 1 is 1.23 bits per heavy atom. The lowest BCUT2D eigenvalue weighted by Crippen LogP contribution is -2.41. The maximum atomic E-state index is 11.8. The van der Waals surface area contributed by atoms with Crippen molar-refractivity contribution in [2.45, 2.75) is 38.9 Å². The molecule has 1 aromatic rings. The molecule has 1 aliphatic rings. The third kappa shape index (κ3) is 2.83. The molecule has 0 spiro atoms. The molecule has 0 amide bonds. The minimum atomic E-state index is -0.584. The molecule has 0 N–H and O–H groups in total. The molecule has 0 radical (unpaired) electrons. The van der Waals surface area contributed by atoms with Gasteiger partial charge >= 0.3 is 13.1 Å². The summed E-state index contributed by atoms with van der Waals surface area (Å²) in [4.78, 5) is 18.0. The highest BCUT2D eigenvalue weighted by Crippen LogP contribution is 2.37. The first-order valence-electron chi connectivity index (χ1n) is 7.20. The minimum absolute atomic E-state index is 0.373. The van der Waals surface area contributed by atoms with Crippen LogP contribution in [-0.2, 0) is 14.0 Å². The number of ether oxygens (including phenoxy) is 1. The monoisotopic (exact) mass is 306 g/mol. The van der Waals surface area contributed by atoms with Crippen molar-refractivity contribution in [2.24, 2.45) is 0 Å². The summed E-state index contributed by atoms with van der Waals surface area (Å²) >= 11 is 0. The average Bonchev–Trinajstić information content (AvgIpc) is 2.65. The van der Waals surface area contributed by atoms with Gasteiger partial charge in [0, 0.05) is 25.8 Å². The molecule has 1 saturated heterocycles. The van der Waals surface area contributed by atoms with Gasteiger partial charge in [-0.05, 0) is 33.8 Å². The van der Waals surface area contributed by atoms with Crippen molar-refractivity contribution in [3.05, 3.63) is 17.8 Å². The Bertz CT molecular complexity index is 571. The van der Waals surface area contributed by atoms with Crippen molar-refractivity contribution >= 4 is 24.4 Å². The Morgan fingerprint density at radius 3 is 2.23 bits per heavy atom. The summed E-state index contributed by atoms with van der Waals surface area (Å²) in [5.74, 6) is 0.265. The molecule has 7 heteroatoms. The average molecular weight is 306 g/mol. The number of carbonyl (C=O) groups is 1. The first-order chi connectivity index (χ1) is 10.1. The topological polar surface area (TPSA) is 60.9 Å². The Balaban J connectivity index is 2.47. The zero-order valence-corrected chi connectivity index (χ0v) is 14.3. The number of nitrogens with zero attached hydrogens (tertiary/aromatic N) is 2. The molecule has 1 aromatic heterocycles. The standard InChI is InChI=1S/C15H23BN2O4/c1-14(2)15(3,4)22-16(21-14)11-8-10(13(19)20-7)9-17-12(11)18(5)6/h8-9H,1-7H3. The first-order valence-corrected chi connectivity index (χ1v) is 7.20. The summed E-state index contributed by atoms with van der Waals surface area (Å²) < 4.78 is 16.9. The van der Waals surface area contributed by atoms with E-state index in [1.54, 1.807) is 6.07 Å². The molecular weight excluding hydrogens is 283 g/mol. The summed E-state index contributed by atoms with van der Waals surface area (Å²) in [7, 11) is 4.53. The van der Waals surface area contributed by atoms with Gasteiger partial charge in [-0.2, -0.15) is 0 Å². The van der Waals surface area contributed by atoms with Gasteiger partial charge in [-0.1, -0.05) is 0 Å². The van der Waals surface area contributed by atoms with E-state index in [2.05, 4.69) is 4.98 Å². The van der Waals surface area contributed by atoms with Crippen LogP contribution in [0.4, 0.5) is 5.82 Å². The van der Waals surface area contributed by atoms with Gasteiger partial charge in [0.05, 0.1) is 23.9 Å². The van der Waals surface area contributed by atoms with Crippen molar-refractivity contribution in [2.75, 3.05) is 26.1 Å². The van der Waals surface area contributed by atoms with Crippen molar-refractivity contribution in [3.8, 4) is 0 Å². The van der Waals surface area contributed by atoms with Gasteiger partial charge in [-0.3, -0.25) is 0 Å². The first kappa shape index (κ1) is 16.8. The quantitative estimate of drug-likeness (QED) is 0.618. The van der Waals surface area contributed by atoms with Crippen LogP contribution in [0.2, 0.25) is 0 Å². The van der Waals surface area contributed by atoms with E-state index in [-0.39, 0.29) is 0 Å². The summed E-state index contributed by atoms with van der Waals surface area (Å²) in [5, 5.41) is 0. The number of esters is 1. The number of hydrogen-bond donors (Lipinski definition) is 0. The van der Waals surface area contributed by atoms with Gasteiger partial charge in [0.1, 0.15) is 5.82 Å². The smallest absolute Gasteiger partial charge is 0.465 e. The van der Waals surface area contributed by atoms with Crippen molar-refractivity contribution < 1.29 is 18.8 Å². The summed E-state index contributed by atoms with van der Waals surface area (Å²) in [6.07, 6.45) is 1.50. The molecule has 2 rings (SSSR count). The van der Waals surface area contributed by atoms with Crippen LogP contribution in [0.5, 0.6) is 0 Å². The number of aromatic nitrogens is 1. The van der Waals surface area contributed by atoms with E-state index in [1.807, 2.05) is 46.7 Å². The molecular formula is C15H23BN2O4. The second-order valence-corrected chi connectivity index (χ2v) is 6.61. The van der Waals surface area contributed by atoms with Crippen LogP contribution in [-0.4, -0.2) is 50.5 Å². The zero-order chi connectivity index (χ0) is 16.7. The molecule has 1 aliphatic heterocycles. The third-order valence-corrected chi connectivity index (χ3v) is 4.25. The number of anilines is 1. The largest absolute Gasteiger partial charge is 0.498 e. The van der Waals surface area contributed by atoms with Gasteiger partial charge in [-0.15, -0.1) is 0 Å². The van der Waals surface area contributed by atoms with E-state index in [9.17, 15) is 4.79 Å². The van der Waals surface area contributed by atoms with Crippen molar-refractivity contribution in [3.63, 3.8) is 0 Å². The van der Waals surface area contributed by atoms with E-state index in [0.29, 0.717) is 16.8 Å². The molecule has 0 bridgehead atoms. The molecule has 22 heavy (non-hydrogen) atoms. The fourth-order valence-corrected chi connectivity index (χ4v) is 2.22. The number of hydrogen-bond acceptors (Lipinski definition) is 6. The molecule has 2 heterocycles. The number of rotatable bonds is 3. The fourth-order valence-electron chi connectivity index (χ4n) is 2.22. The van der Waals surface area contributed by atoms with Crippen LogP contribution in [0.3, 0.4) is 0 Å². The highest BCUT2D eigenvalue weighted by Gasteiger charge is 2.52. The van der Waals surface area contributed by atoms with Crippen LogP contribution in [0.1, 0.15) is 38.1 Å². The summed E-state index contributed by atoms with van der Waals surface area (Å²) in [5.41, 5.74) is 0.176. The lowest BCUT2D eigenvalue weighted by Gasteiger charge is -2.32. The lowest BCUT2D eigenvalue weighted by atomic mass is 9.78. The SMILES string of the molecule is COC(=O)c1cnc(N(C)C)c(B2OC(C)(C)C(C)(C)O2)c1. The Labute approximate surface area is 131 Å². The summed E-state index contributed by atoms with van der Waals surface area (Å²) in [6.45, 7) is 7.94. The van der Waals surface area contributed by atoms with E-state index in [0.717, 1.165) is 0 Å². The maximum Gasteiger partial charge on any atom is 0.498 e. The Morgan fingerprint density at radius 2 is 1.77 bits per heavy atom. The van der Waals surface area contributed by atoms with E-state index in [4.69, 9.17) is 14.0 Å². The number of carbonyl (C=O) groups excluding carboxylic acids is 1. The predicted molar refractivity (Wildman–Crippen MR) is 85.6 cm³/mol. The number of pyridine rings is 1. The highest BCUT2D eigenvalue weighted by atomic mass is 16.7. The van der Waals surface area contributed by atoms with Crippen molar-refractivity contribution in [1.82, 2.24) is 4.98 Å². The van der Waals surface area contributed by atoms with Crippen LogP contribution >= 0.6 is 0 Å². The molecule has 120 valence electrons. The van der Waals surface area contributed by atoms with Gasteiger partial charge in [0.2, 0.25) is 0 Å². The molecule has 0 unspecified atom stereocenters. The fraction of sp³-hybridized carbons (Fsp3) is 0.600. The minimum Gasteiger partial charge on any atom is -0.465 e. The maximum absolute atomic E-state index is 11.8. The number of methoxy groups -OCH3 is 1. The molecule has 1 fully saturated rings. The molecule has 0 aromatic carbocycles. The second-order valence-electron chi connectivity index (χ2n) is 6.61. The molecule has 0 aliphatic carbocycles.